The van der Waals surface area contributed by atoms with Crippen molar-refractivity contribution < 1.29 is 8.83 Å². The second-order valence-electron chi connectivity index (χ2n) is 15.9. The van der Waals surface area contributed by atoms with Crippen molar-refractivity contribution in [1.29, 1.82) is 0 Å². The standard InChI is InChI=1S/C58H35NO2/c1-4-17-36(18-5-1)53-47-33-32-44-48-35-38(31-34-51(48)60-57(44)58(47)61-56(53)37-19-6-2-7-20-37)52-40-23-10-12-25-42(40)54(43-26-13-11-24-41(43)52)46-28-16-30-50-55(46)45-27-14-15-29-49(45)59(50)39-21-8-3-9-22-39/h1-35H. The van der Waals surface area contributed by atoms with E-state index in [-0.39, 0.29) is 0 Å². The summed E-state index contributed by atoms with van der Waals surface area (Å²) in [4.78, 5) is 0. The van der Waals surface area contributed by atoms with E-state index in [0.717, 1.165) is 66.6 Å². The summed E-state index contributed by atoms with van der Waals surface area (Å²) < 4.78 is 16.0. The summed E-state index contributed by atoms with van der Waals surface area (Å²) in [6.07, 6.45) is 0. The Morgan fingerprint density at radius 1 is 0.311 bits per heavy atom. The zero-order chi connectivity index (χ0) is 40.0. The molecule has 0 amide bonds. The molecule has 0 fully saturated rings. The summed E-state index contributed by atoms with van der Waals surface area (Å²) in [5.41, 5.74) is 13.9. The van der Waals surface area contributed by atoms with Crippen LogP contribution in [0.4, 0.5) is 0 Å². The van der Waals surface area contributed by atoms with E-state index >= 15 is 0 Å². The summed E-state index contributed by atoms with van der Waals surface area (Å²) in [6, 6.07) is 76.1. The van der Waals surface area contributed by atoms with E-state index in [4.69, 9.17) is 8.83 Å². The number of rotatable bonds is 5. The average Bonchev–Trinajstić information content (AvgIpc) is 4.01. The Morgan fingerprint density at radius 3 is 1.57 bits per heavy atom. The maximum absolute atomic E-state index is 6.86. The van der Waals surface area contributed by atoms with Crippen LogP contribution in [0.25, 0.3) is 127 Å². The molecular weight excluding hydrogens is 743 g/mol. The van der Waals surface area contributed by atoms with Gasteiger partial charge in [-0.25, -0.2) is 0 Å². The van der Waals surface area contributed by atoms with E-state index in [1.165, 1.54) is 60.0 Å². The maximum atomic E-state index is 6.86. The summed E-state index contributed by atoms with van der Waals surface area (Å²) in [5.74, 6) is 0.841. The predicted octanol–water partition coefficient (Wildman–Crippen LogP) is 16.4. The quantitative estimate of drug-likeness (QED) is 0.163. The highest BCUT2D eigenvalue weighted by Gasteiger charge is 2.24. The Bertz CT molecular complexity index is 3800. The number of benzene rings is 10. The third kappa shape index (κ3) is 4.98. The second-order valence-corrected chi connectivity index (χ2v) is 15.9. The van der Waals surface area contributed by atoms with Gasteiger partial charge < -0.3 is 13.4 Å². The number of para-hydroxylation sites is 2. The molecule has 0 aliphatic carbocycles. The third-order valence-corrected chi connectivity index (χ3v) is 12.6. The molecule has 3 aromatic heterocycles. The lowest BCUT2D eigenvalue weighted by Gasteiger charge is -2.18. The lowest BCUT2D eigenvalue weighted by atomic mass is 9.84. The highest BCUT2D eigenvalue weighted by atomic mass is 16.4. The van der Waals surface area contributed by atoms with Crippen LogP contribution in [-0.2, 0) is 0 Å². The molecule has 0 spiro atoms. The fourth-order valence-electron chi connectivity index (χ4n) is 10.0. The Labute approximate surface area is 350 Å². The molecule has 13 aromatic rings. The minimum atomic E-state index is 0.760. The number of aromatic nitrogens is 1. The van der Waals surface area contributed by atoms with Gasteiger partial charge in [0.1, 0.15) is 11.3 Å². The van der Waals surface area contributed by atoms with Gasteiger partial charge in [0.25, 0.3) is 0 Å². The van der Waals surface area contributed by atoms with Gasteiger partial charge in [-0.1, -0.05) is 164 Å². The molecule has 61 heavy (non-hydrogen) atoms. The molecule has 3 heteroatoms. The zero-order valence-corrected chi connectivity index (χ0v) is 33.0. The van der Waals surface area contributed by atoms with E-state index in [1.807, 2.05) is 6.07 Å². The van der Waals surface area contributed by atoms with Crippen molar-refractivity contribution in [2.24, 2.45) is 0 Å². The zero-order valence-electron chi connectivity index (χ0n) is 33.0. The highest BCUT2D eigenvalue weighted by molar-refractivity contribution is 6.27. The van der Waals surface area contributed by atoms with Crippen LogP contribution in [0.1, 0.15) is 0 Å². The first kappa shape index (κ1) is 33.8. The largest absolute Gasteiger partial charge is 0.452 e. The molecule has 0 N–H and O–H groups in total. The van der Waals surface area contributed by atoms with Crippen LogP contribution in [0.5, 0.6) is 0 Å². The predicted molar refractivity (Wildman–Crippen MR) is 255 cm³/mol. The molecule has 0 unspecified atom stereocenters. The van der Waals surface area contributed by atoms with Crippen molar-refractivity contribution in [2.45, 2.75) is 0 Å². The van der Waals surface area contributed by atoms with Crippen LogP contribution in [0, 0.1) is 0 Å². The minimum Gasteiger partial charge on any atom is -0.452 e. The highest BCUT2D eigenvalue weighted by Crippen LogP contribution is 2.49. The van der Waals surface area contributed by atoms with E-state index in [2.05, 4.69) is 211 Å². The lowest BCUT2D eigenvalue weighted by molar-refractivity contribution is 0.612. The summed E-state index contributed by atoms with van der Waals surface area (Å²) in [5, 5.41) is 10.5. The SMILES string of the molecule is c1ccc(-c2oc3c(ccc4c5cc(-c6c7ccccc7c(-c7cccc8c7c7ccccc7n8-c7ccccc7)c7ccccc67)ccc5oc43)c2-c2ccccc2)cc1. The summed E-state index contributed by atoms with van der Waals surface area (Å²) in [6.45, 7) is 0. The van der Waals surface area contributed by atoms with Crippen LogP contribution in [-0.4, -0.2) is 4.57 Å². The number of nitrogens with zero attached hydrogens (tertiary/aromatic N) is 1. The fraction of sp³-hybridized carbons (Fsp3) is 0. The van der Waals surface area contributed by atoms with Gasteiger partial charge in [-0.05, 0) is 97.9 Å². The van der Waals surface area contributed by atoms with Crippen LogP contribution < -0.4 is 0 Å². The van der Waals surface area contributed by atoms with Gasteiger partial charge >= 0.3 is 0 Å². The Morgan fingerprint density at radius 2 is 0.869 bits per heavy atom. The van der Waals surface area contributed by atoms with E-state index in [1.54, 1.807) is 0 Å². The molecule has 284 valence electrons. The molecule has 0 aliphatic heterocycles. The topological polar surface area (TPSA) is 31.2 Å². The Balaban J connectivity index is 1.06. The number of hydrogen-bond acceptors (Lipinski definition) is 2. The van der Waals surface area contributed by atoms with Crippen LogP contribution in [0.15, 0.2) is 221 Å². The van der Waals surface area contributed by atoms with Gasteiger partial charge in [-0.2, -0.15) is 0 Å². The minimum absolute atomic E-state index is 0.760. The first-order valence-corrected chi connectivity index (χ1v) is 20.8. The fourth-order valence-corrected chi connectivity index (χ4v) is 10.0. The first-order valence-electron chi connectivity index (χ1n) is 20.8. The maximum Gasteiger partial charge on any atom is 0.178 e. The van der Waals surface area contributed by atoms with E-state index in [0.29, 0.717) is 0 Å². The molecule has 0 aliphatic rings. The van der Waals surface area contributed by atoms with Crippen molar-refractivity contribution in [3.63, 3.8) is 0 Å². The van der Waals surface area contributed by atoms with Crippen LogP contribution in [0.3, 0.4) is 0 Å². The average molecular weight is 778 g/mol. The summed E-state index contributed by atoms with van der Waals surface area (Å²) >= 11 is 0. The molecule has 0 saturated carbocycles. The number of furan rings is 2. The van der Waals surface area contributed by atoms with Crippen molar-refractivity contribution in [2.75, 3.05) is 0 Å². The number of hydrogen-bond donors (Lipinski definition) is 0. The van der Waals surface area contributed by atoms with Gasteiger partial charge in [0.2, 0.25) is 0 Å². The van der Waals surface area contributed by atoms with Gasteiger partial charge in [0.15, 0.2) is 11.2 Å². The molecular formula is C58H35NO2. The van der Waals surface area contributed by atoms with Gasteiger partial charge in [-0.3, -0.25) is 0 Å². The van der Waals surface area contributed by atoms with Crippen molar-refractivity contribution >= 4 is 76.3 Å². The Kier molecular flexibility index (Phi) is 7.31. The normalized spacial score (nSPS) is 11.9. The first-order chi connectivity index (χ1) is 30.3. The molecule has 13 rings (SSSR count). The molecule has 0 saturated heterocycles. The van der Waals surface area contributed by atoms with E-state index < -0.39 is 0 Å². The van der Waals surface area contributed by atoms with Gasteiger partial charge in [0.05, 0.1) is 11.0 Å². The van der Waals surface area contributed by atoms with Gasteiger partial charge in [-0.15, -0.1) is 0 Å². The van der Waals surface area contributed by atoms with Crippen LogP contribution >= 0.6 is 0 Å². The van der Waals surface area contributed by atoms with Crippen molar-refractivity contribution in [3.05, 3.63) is 212 Å². The molecule has 0 bridgehead atoms. The van der Waals surface area contributed by atoms with E-state index in [9.17, 15) is 0 Å². The monoisotopic (exact) mass is 777 g/mol. The molecule has 3 nitrogen and oxygen atoms in total. The van der Waals surface area contributed by atoms with Gasteiger partial charge in [0, 0.05) is 43.7 Å². The molecule has 3 heterocycles. The third-order valence-electron chi connectivity index (χ3n) is 12.6. The molecule has 0 atom stereocenters. The van der Waals surface area contributed by atoms with Crippen molar-refractivity contribution in [3.8, 4) is 50.4 Å². The lowest BCUT2D eigenvalue weighted by Crippen LogP contribution is -1.93. The molecule has 0 radical (unpaired) electrons. The smallest absolute Gasteiger partial charge is 0.178 e. The summed E-state index contributed by atoms with van der Waals surface area (Å²) in [7, 11) is 0. The number of fused-ring (bicyclic) bond motifs is 10. The Hall–Kier alpha value is -8.14. The second kappa shape index (κ2) is 13.2. The van der Waals surface area contributed by atoms with Crippen molar-refractivity contribution in [1.82, 2.24) is 4.57 Å². The van der Waals surface area contributed by atoms with Crippen LogP contribution in [0.2, 0.25) is 0 Å². The molecule has 10 aromatic carbocycles.